The normalized spacial score (nSPS) is 16.3. The first-order valence-corrected chi connectivity index (χ1v) is 6.58. The van der Waals surface area contributed by atoms with Crippen LogP contribution in [0.3, 0.4) is 0 Å². The van der Waals surface area contributed by atoms with Crippen molar-refractivity contribution in [1.82, 2.24) is 14.7 Å². The van der Waals surface area contributed by atoms with E-state index >= 15 is 0 Å². The number of nitrogens with zero attached hydrogens (tertiary/aromatic N) is 3. The van der Waals surface area contributed by atoms with Crippen molar-refractivity contribution in [2.45, 2.75) is 45.3 Å². The lowest BCUT2D eigenvalue weighted by Gasteiger charge is -2.19. The van der Waals surface area contributed by atoms with Gasteiger partial charge in [0, 0.05) is 37.3 Å². The predicted molar refractivity (Wildman–Crippen MR) is 66.8 cm³/mol. The Morgan fingerprint density at radius 3 is 2.81 bits per heavy atom. The molecule has 0 spiro atoms. The molecule has 1 aliphatic carbocycles. The van der Waals surface area contributed by atoms with E-state index in [0.717, 1.165) is 24.8 Å². The van der Waals surface area contributed by atoms with Crippen molar-refractivity contribution in [3.05, 3.63) is 18.0 Å². The lowest BCUT2D eigenvalue weighted by molar-refractivity contribution is 0.266. The minimum absolute atomic E-state index is 0.441. The third-order valence-electron chi connectivity index (χ3n) is 2.99. The highest BCUT2D eigenvalue weighted by Gasteiger charge is 2.28. The molecule has 1 fully saturated rings. The van der Waals surface area contributed by atoms with E-state index in [-0.39, 0.29) is 0 Å². The highest BCUT2D eigenvalue weighted by atomic mass is 35.5. The summed E-state index contributed by atoms with van der Waals surface area (Å²) >= 11 is 5.82. The zero-order valence-electron chi connectivity index (χ0n) is 10.1. The second-order valence-corrected chi connectivity index (χ2v) is 5.15. The molecule has 0 amide bonds. The van der Waals surface area contributed by atoms with Gasteiger partial charge in [0.25, 0.3) is 0 Å². The molecule has 16 heavy (non-hydrogen) atoms. The Morgan fingerprint density at radius 1 is 1.56 bits per heavy atom. The zero-order valence-corrected chi connectivity index (χ0v) is 10.8. The van der Waals surface area contributed by atoms with Crippen LogP contribution >= 0.6 is 11.6 Å². The fourth-order valence-corrected chi connectivity index (χ4v) is 2.11. The van der Waals surface area contributed by atoms with Gasteiger partial charge in [0.2, 0.25) is 0 Å². The van der Waals surface area contributed by atoms with Crippen LogP contribution in [0.5, 0.6) is 0 Å². The summed E-state index contributed by atoms with van der Waals surface area (Å²) in [5, 5.41) is 4.57. The van der Waals surface area contributed by atoms with Crippen molar-refractivity contribution in [3.63, 3.8) is 0 Å². The molecule has 1 aromatic heterocycles. The number of halogens is 1. The molecule has 4 heteroatoms. The number of aromatic nitrogens is 2. The van der Waals surface area contributed by atoms with Gasteiger partial charge < -0.3 is 0 Å². The molecule has 0 bridgehead atoms. The van der Waals surface area contributed by atoms with E-state index in [4.69, 9.17) is 11.6 Å². The van der Waals surface area contributed by atoms with Crippen molar-refractivity contribution in [2.75, 3.05) is 12.4 Å². The Morgan fingerprint density at radius 2 is 2.31 bits per heavy atom. The van der Waals surface area contributed by atoms with Gasteiger partial charge in [-0.15, -0.1) is 11.6 Å². The largest absolute Gasteiger partial charge is 0.293 e. The summed E-state index contributed by atoms with van der Waals surface area (Å²) in [6.45, 7) is 6.21. The first-order valence-electron chi connectivity index (χ1n) is 6.04. The van der Waals surface area contributed by atoms with Crippen molar-refractivity contribution in [3.8, 4) is 0 Å². The van der Waals surface area contributed by atoms with Crippen LogP contribution in [0.1, 0.15) is 38.4 Å². The van der Waals surface area contributed by atoms with Crippen LogP contribution in [0.25, 0.3) is 0 Å². The minimum atomic E-state index is 0.441. The molecule has 1 saturated carbocycles. The molecule has 1 aliphatic rings. The molecule has 3 nitrogen and oxygen atoms in total. The molecule has 0 saturated heterocycles. The van der Waals surface area contributed by atoms with Gasteiger partial charge in [-0.25, -0.2) is 0 Å². The highest BCUT2D eigenvalue weighted by Crippen LogP contribution is 2.27. The first-order chi connectivity index (χ1) is 7.70. The second kappa shape index (κ2) is 5.19. The minimum Gasteiger partial charge on any atom is -0.293 e. The maximum absolute atomic E-state index is 5.82. The van der Waals surface area contributed by atoms with Gasteiger partial charge in [0.15, 0.2) is 0 Å². The predicted octanol–water partition coefficient (Wildman–Crippen LogP) is 2.67. The molecule has 0 radical (unpaired) electrons. The standard InChI is InChI=1S/C12H20ClN3/c1-10(2)16-7-5-11(14-16)9-15(8-6-13)12-3-4-12/h5,7,10,12H,3-4,6,8-9H2,1-2H3. The van der Waals surface area contributed by atoms with Gasteiger partial charge in [-0.05, 0) is 32.8 Å². The van der Waals surface area contributed by atoms with Crippen molar-refractivity contribution >= 4 is 11.6 Å². The van der Waals surface area contributed by atoms with Crippen molar-refractivity contribution < 1.29 is 0 Å². The maximum atomic E-state index is 5.82. The Bertz CT molecular complexity index is 331. The van der Waals surface area contributed by atoms with E-state index < -0.39 is 0 Å². The Kier molecular flexibility index (Phi) is 3.87. The zero-order chi connectivity index (χ0) is 11.5. The van der Waals surface area contributed by atoms with Crippen LogP contribution in [-0.4, -0.2) is 33.1 Å². The van der Waals surface area contributed by atoms with E-state index in [0.29, 0.717) is 11.9 Å². The van der Waals surface area contributed by atoms with Crippen LogP contribution in [0.4, 0.5) is 0 Å². The van der Waals surface area contributed by atoms with Crippen LogP contribution in [0.15, 0.2) is 12.3 Å². The van der Waals surface area contributed by atoms with Crippen LogP contribution < -0.4 is 0 Å². The van der Waals surface area contributed by atoms with E-state index in [1.165, 1.54) is 12.8 Å². The molecular weight excluding hydrogens is 222 g/mol. The van der Waals surface area contributed by atoms with E-state index in [1.807, 2.05) is 4.68 Å². The average molecular weight is 242 g/mol. The summed E-state index contributed by atoms with van der Waals surface area (Å²) in [4.78, 5) is 2.44. The van der Waals surface area contributed by atoms with Gasteiger partial charge in [-0.3, -0.25) is 9.58 Å². The van der Waals surface area contributed by atoms with E-state index in [9.17, 15) is 0 Å². The molecule has 1 aromatic rings. The molecule has 1 heterocycles. The maximum Gasteiger partial charge on any atom is 0.0765 e. The molecular formula is C12H20ClN3. The number of hydrogen-bond acceptors (Lipinski definition) is 2. The lowest BCUT2D eigenvalue weighted by Crippen LogP contribution is -2.27. The number of rotatable bonds is 6. The van der Waals surface area contributed by atoms with Crippen molar-refractivity contribution in [2.24, 2.45) is 0 Å². The summed E-state index contributed by atoms with van der Waals surface area (Å²) in [5.41, 5.74) is 1.16. The average Bonchev–Trinajstić information content (AvgIpc) is 2.98. The van der Waals surface area contributed by atoms with Crippen LogP contribution in [0, 0.1) is 0 Å². The fourth-order valence-electron chi connectivity index (χ4n) is 1.90. The monoisotopic (exact) mass is 241 g/mol. The van der Waals surface area contributed by atoms with E-state index in [2.05, 4.69) is 36.1 Å². The molecule has 0 atom stereocenters. The fraction of sp³-hybridized carbons (Fsp3) is 0.750. The molecule has 90 valence electrons. The Labute approximate surface area is 102 Å². The van der Waals surface area contributed by atoms with Crippen LogP contribution in [-0.2, 0) is 6.54 Å². The third-order valence-corrected chi connectivity index (χ3v) is 3.16. The lowest BCUT2D eigenvalue weighted by atomic mass is 10.3. The topological polar surface area (TPSA) is 21.1 Å². The molecule has 0 aromatic carbocycles. The molecule has 2 rings (SSSR count). The molecule has 0 unspecified atom stereocenters. The summed E-state index contributed by atoms with van der Waals surface area (Å²) < 4.78 is 2.01. The Balaban J connectivity index is 1.95. The van der Waals surface area contributed by atoms with Gasteiger partial charge in [0.1, 0.15) is 0 Å². The molecule has 0 N–H and O–H groups in total. The number of alkyl halides is 1. The van der Waals surface area contributed by atoms with Gasteiger partial charge in [-0.2, -0.15) is 5.10 Å². The highest BCUT2D eigenvalue weighted by molar-refractivity contribution is 6.18. The second-order valence-electron chi connectivity index (χ2n) is 4.77. The first kappa shape index (κ1) is 11.9. The summed E-state index contributed by atoms with van der Waals surface area (Å²) in [5.74, 6) is 0.710. The third kappa shape index (κ3) is 2.98. The SMILES string of the molecule is CC(C)n1ccc(CN(CCCl)C2CC2)n1. The van der Waals surface area contributed by atoms with Gasteiger partial charge in [0.05, 0.1) is 5.69 Å². The summed E-state index contributed by atoms with van der Waals surface area (Å²) in [6.07, 6.45) is 4.70. The van der Waals surface area contributed by atoms with Gasteiger partial charge in [-0.1, -0.05) is 0 Å². The summed E-state index contributed by atoms with van der Waals surface area (Å²) in [6, 6.07) is 3.31. The summed E-state index contributed by atoms with van der Waals surface area (Å²) in [7, 11) is 0. The van der Waals surface area contributed by atoms with Gasteiger partial charge >= 0.3 is 0 Å². The quantitative estimate of drug-likeness (QED) is 0.714. The number of hydrogen-bond donors (Lipinski definition) is 0. The van der Waals surface area contributed by atoms with Crippen molar-refractivity contribution in [1.29, 1.82) is 0 Å². The smallest absolute Gasteiger partial charge is 0.0765 e. The Hall–Kier alpha value is -0.540. The van der Waals surface area contributed by atoms with E-state index in [1.54, 1.807) is 0 Å². The van der Waals surface area contributed by atoms with Crippen LogP contribution in [0.2, 0.25) is 0 Å². The molecule has 0 aliphatic heterocycles.